The normalized spacial score (nSPS) is 19.1. The first-order chi connectivity index (χ1) is 15.1. The number of hydrogen-bond acceptors (Lipinski definition) is 6. The first-order valence-electron chi connectivity index (χ1n) is 11.1. The number of carbonyl (C=O) groups is 1. The van der Waals surface area contributed by atoms with Crippen molar-refractivity contribution in [1.29, 1.82) is 0 Å². The zero-order valence-electron chi connectivity index (χ0n) is 17.9. The van der Waals surface area contributed by atoms with Crippen LogP contribution in [0, 0.1) is 5.92 Å². The van der Waals surface area contributed by atoms with E-state index in [0.29, 0.717) is 19.0 Å². The minimum absolute atomic E-state index is 0.210. The molecule has 1 aliphatic heterocycles. The van der Waals surface area contributed by atoms with Crippen molar-refractivity contribution in [3.63, 3.8) is 0 Å². The molecule has 2 fully saturated rings. The number of nitrogens with two attached hydrogens (primary N) is 1. The summed E-state index contributed by atoms with van der Waals surface area (Å²) in [6, 6.07) is 8.48. The van der Waals surface area contributed by atoms with E-state index in [1.807, 2.05) is 29.2 Å². The van der Waals surface area contributed by atoms with Gasteiger partial charge in [0.25, 0.3) is 0 Å². The Morgan fingerprint density at radius 3 is 2.81 bits per heavy atom. The molecular formula is C23H29N7O. The molecule has 0 bridgehead atoms. The molecule has 1 saturated heterocycles. The largest absolute Gasteiger partial charge is 0.369 e. The van der Waals surface area contributed by atoms with Gasteiger partial charge in [0.15, 0.2) is 0 Å². The second-order valence-electron chi connectivity index (χ2n) is 8.52. The van der Waals surface area contributed by atoms with Gasteiger partial charge in [0.1, 0.15) is 5.82 Å². The number of aromatic nitrogens is 3. The zero-order chi connectivity index (χ0) is 21.4. The van der Waals surface area contributed by atoms with E-state index in [4.69, 9.17) is 5.73 Å². The van der Waals surface area contributed by atoms with Gasteiger partial charge in [-0.05, 0) is 44.0 Å². The highest BCUT2D eigenvalue weighted by Gasteiger charge is 2.37. The van der Waals surface area contributed by atoms with Gasteiger partial charge >= 0.3 is 0 Å². The minimum atomic E-state index is 0.210. The molecular weight excluding hydrogens is 390 g/mol. The summed E-state index contributed by atoms with van der Waals surface area (Å²) >= 11 is 0. The summed E-state index contributed by atoms with van der Waals surface area (Å²) in [6.45, 7) is 5.88. The summed E-state index contributed by atoms with van der Waals surface area (Å²) in [5, 5.41) is 7.70. The van der Waals surface area contributed by atoms with E-state index in [-0.39, 0.29) is 12.0 Å². The first kappa shape index (κ1) is 19.8. The van der Waals surface area contributed by atoms with Gasteiger partial charge in [-0.2, -0.15) is 5.10 Å². The topological polar surface area (TPSA) is 91.8 Å². The molecule has 2 aliphatic rings. The highest BCUT2D eigenvalue weighted by Crippen LogP contribution is 2.33. The standard InChI is InChI=1S/C23H29N7O/c1-16-14-28(10-11-29(16)23(31)17-2-3-17)20-6-8-27-30-15-19(12-21(20)30)18-4-5-22(26-13-18)25-9-7-24/h4-6,8,12-13,15-17H,2-3,7,9-11,14,24H2,1H3,(H,25,26)/t16-/m1/s1. The average molecular weight is 420 g/mol. The summed E-state index contributed by atoms with van der Waals surface area (Å²) in [7, 11) is 0. The number of nitrogens with zero attached hydrogens (tertiary/aromatic N) is 5. The Bertz CT molecular complexity index is 1070. The number of nitrogens with one attached hydrogen (secondary N) is 1. The van der Waals surface area contributed by atoms with Crippen molar-refractivity contribution in [2.24, 2.45) is 11.7 Å². The molecule has 0 radical (unpaired) electrons. The third-order valence-electron chi connectivity index (χ3n) is 6.21. The monoisotopic (exact) mass is 419 g/mol. The van der Waals surface area contributed by atoms with Crippen molar-refractivity contribution in [3.05, 3.63) is 42.9 Å². The van der Waals surface area contributed by atoms with E-state index in [1.165, 1.54) is 0 Å². The van der Waals surface area contributed by atoms with E-state index >= 15 is 0 Å². The van der Waals surface area contributed by atoms with Crippen molar-refractivity contribution < 1.29 is 4.79 Å². The predicted octanol–water partition coefficient (Wildman–Crippen LogP) is 2.21. The third kappa shape index (κ3) is 3.95. The summed E-state index contributed by atoms with van der Waals surface area (Å²) in [6.07, 6.45) is 7.87. The molecule has 4 heterocycles. The third-order valence-corrected chi connectivity index (χ3v) is 6.21. The summed E-state index contributed by atoms with van der Waals surface area (Å²) in [5.74, 6) is 1.44. The Balaban J connectivity index is 1.37. The Morgan fingerprint density at radius 1 is 1.23 bits per heavy atom. The quantitative estimate of drug-likeness (QED) is 0.637. The van der Waals surface area contributed by atoms with Crippen molar-refractivity contribution in [2.75, 3.05) is 42.9 Å². The van der Waals surface area contributed by atoms with Crippen LogP contribution in [0.4, 0.5) is 11.5 Å². The van der Waals surface area contributed by atoms with E-state index in [2.05, 4.69) is 50.3 Å². The van der Waals surface area contributed by atoms with E-state index in [1.54, 1.807) is 0 Å². The van der Waals surface area contributed by atoms with Gasteiger partial charge in [0, 0.05) is 74.4 Å². The van der Waals surface area contributed by atoms with Crippen molar-refractivity contribution in [3.8, 4) is 11.1 Å². The number of piperazine rings is 1. The maximum Gasteiger partial charge on any atom is 0.226 e. The van der Waals surface area contributed by atoms with Gasteiger partial charge in [0.2, 0.25) is 5.91 Å². The minimum Gasteiger partial charge on any atom is -0.369 e. The van der Waals surface area contributed by atoms with Gasteiger partial charge in [-0.25, -0.2) is 9.50 Å². The van der Waals surface area contributed by atoms with Crippen LogP contribution in [0.3, 0.4) is 0 Å². The molecule has 3 aromatic heterocycles. The summed E-state index contributed by atoms with van der Waals surface area (Å²) in [5.41, 5.74) is 9.88. The highest BCUT2D eigenvalue weighted by atomic mass is 16.2. The van der Waals surface area contributed by atoms with Crippen LogP contribution >= 0.6 is 0 Å². The lowest BCUT2D eigenvalue weighted by Crippen LogP contribution is -2.54. The number of anilines is 2. The van der Waals surface area contributed by atoms with Crippen molar-refractivity contribution in [1.82, 2.24) is 19.5 Å². The molecule has 0 spiro atoms. The molecule has 3 aromatic rings. The number of pyridine rings is 1. The predicted molar refractivity (Wildman–Crippen MR) is 122 cm³/mol. The van der Waals surface area contributed by atoms with Gasteiger partial charge in [0.05, 0.1) is 11.2 Å². The maximum absolute atomic E-state index is 12.5. The Hall–Kier alpha value is -3.13. The molecule has 3 N–H and O–H groups in total. The number of rotatable bonds is 6. The van der Waals surface area contributed by atoms with Crippen LogP contribution in [-0.2, 0) is 4.79 Å². The Morgan fingerprint density at radius 2 is 2.10 bits per heavy atom. The average Bonchev–Trinajstić information content (AvgIpc) is 3.55. The fraction of sp³-hybridized carbons (Fsp3) is 0.435. The molecule has 0 unspecified atom stereocenters. The number of fused-ring (bicyclic) bond motifs is 1. The van der Waals surface area contributed by atoms with Gasteiger partial charge < -0.3 is 20.9 Å². The lowest BCUT2D eigenvalue weighted by atomic mass is 10.1. The van der Waals surface area contributed by atoms with Gasteiger partial charge in [-0.15, -0.1) is 0 Å². The van der Waals surface area contributed by atoms with E-state index < -0.39 is 0 Å². The molecule has 0 aromatic carbocycles. The van der Waals surface area contributed by atoms with Crippen LogP contribution in [0.1, 0.15) is 19.8 Å². The summed E-state index contributed by atoms with van der Waals surface area (Å²) in [4.78, 5) is 21.5. The van der Waals surface area contributed by atoms with Gasteiger partial charge in [-0.3, -0.25) is 4.79 Å². The molecule has 31 heavy (non-hydrogen) atoms. The zero-order valence-corrected chi connectivity index (χ0v) is 17.9. The Kier molecular flexibility index (Phi) is 5.23. The molecule has 1 amide bonds. The molecule has 8 nitrogen and oxygen atoms in total. The van der Waals surface area contributed by atoms with Crippen LogP contribution in [0.2, 0.25) is 0 Å². The van der Waals surface area contributed by atoms with E-state index in [0.717, 1.165) is 60.6 Å². The lowest BCUT2D eigenvalue weighted by molar-refractivity contribution is -0.134. The number of amides is 1. The number of carbonyl (C=O) groups excluding carboxylic acids is 1. The summed E-state index contributed by atoms with van der Waals surface area (Å²) < 4.78 is 1.93. The van der Waals surface area contributed by atoms with Crippen LogP contribution in [0.25, 0.3) is 16.6 Å². The number of hydrogen-bond donors (Lipinski definition) is 2. The maximum atomic E-state index is 12.5. The van der Waals surface area contributed by atoms with Crippen LogP contribution in [0.5, 0.6) is 0 Å². The smallest absolute Gasteiger partial charge is 0.226 e. The molecule has 8 heteroatoms. The Labute approximate surface area is 182 Å². The first-order valence-corrected chi connectivity index (χ1v) is 11.1. The molecule has 5 rings (SSSR count). The SMILES string of the molecule is C[C@@H]1CN(c2ccnn3cc(-c4ccc(NCCN)nc4)cc23)CCN1C(=O)C1CC1. The van der Waals surface area contributed by atoms with E-state index in [9.17, 15) is 4.79 Å². The fourth-order valence-electron chi connectivity index (χ4n) is 4.36. The fourth-order valence-corrected chi connectivity index (χ4v) is 4.36. The van der Waals surface area contributed by atoms with Crippen molar-refractivity contribution >= 4 is 22.9 Å². The van der Waals surface area contributed by atoms with Crippen LogP contribution in [-0.4, -0.2) is 64.2 Å². The second-order valence-corrected chi connectivity index (χ2v) is 8.52. The highest BCUT2D eigenvalue weighted by molar-refractivity contribution is 5.83. The molecule has 1 atom stereocenters. The molecule has 1 saturated carbocycles. The van der Waals surface area contributed by atoms with Crippen molar-refractivity contribution in [2.45, 2.75) is 25.8 Å². The second kappa shape index (κ2) is 8.19. The molecule has 162 valence electrons. The van der Waals surface area contributed by atoms with Gasteiger partial charge in [-0.1, -0.05) is 0 Å². The van der Waals surface area contributed by atoms with Crippen LogP contribution < -0.4 is 16.0 Å². The lowest BCUT2D eigenvalue weighted by Gasteiger charge is -2.41. The molecule has 1 aliphatic carbocycles. The van der Waals surface area contributed by atoms with Crippen LogP contribution in [0.15, 0.2) is 42.9 Å².